The van der Waals surface area contributed by atoms with Gasteiger partial charge >= 0.3 is 6.18 Å². The zero-order valence-electron chi connectivity index (χ0n) is 22.0. The molecule has 0 bridgehead atoms. The van der Waals surface area contributed by atoms with Gasteiger partial charge in [0.15, 0.2) is 17.4 Å². The van der Waals surface area contributed by atoms with E-state index in [1.165, 1.54) is 76.3 Å². The molecule has 1 heterocycles. The van der Waals surface area contributed by atoms with Crippen molar-refractivity contribution >= 4 is 8.80 Å². The number of hydrogen-bond acceptors (Lipinski definition) is 1. The van der Waals surface area contributed by atoms with E-state index in [4.69, 9.17) is 4.74 Å². The second kappa shape index (κ2) is 14.7. The van der Waals surface area contributed by atoms with Gasteiger partial charge in [0.05, 0.1) is 13.0 Å². The first-order valence-electron chi connectivity index (χ1n) is 14.4. The maximum absolute atomic E-state index is 14.2. The fraction of sp³-hybridized carbons (Fsp3) is 0.793. The standard InChI is InChI=1S/C29H45F5OSi/c1-2-3-6-17-36-18-13-25(14-19-36)24-11-9-22(10-12-24)7-4-5-8-23-20-26(30)28(27(31)21-23)35-16-15-29(32,33)34/h20-22,24-25,36H,2-19H2,1H3/t22-,24-,25?,36?. The van der Waals surface area contributed by atoms with Crippen LogP contribution < -0.4 is 4.74 Å². The number of halogens is 5. The quantitative estimate of drug-likeness (QED) is 0.140. The Hall–Kier alpha value is -1.11. The summed E-state index contributed by atoms with van der Waals surface area (Å²) in [4.78, 5) is 0. The van der Waals surface area contributed by atoms with Crippen LogP contribution in [0, 0.1) is 29.4 Å². The fourth-order valence-corrected chi connectivity index (χ4v) is 10.0. The van der Waals surface area contributed by atoms with Gasteiger partial charge in [-0.1, -0.05) is 82.8 Å². The van der Waals surface area contributed by atoms with E-state index in [0.29, 0.717) is 12.0 Å². The predicted molar refractivity (Wildman–Crippen MR) is 139 cm³/mol. The van der Waals surface area contributed by atoms with Crippen LogP contribution in [-0.4, -0.2) is 21.6 Å². The molecule has 7 heteroatoms. The highest BCUT2D eigenvalue weighted by Crippen LogP contribution is 2.42. The van der Waals surface area contributed by atoms with E-state index in [0.717, 1.165) is 30.6 Å². The Bertz CT molecular complexity index is 744. The van der Waals surface area contributed by atoms with Crippen LogP contribution in [0.3, 0.4) is 0 Å². The first-order chi connectivity index (χ1) is 17.2. The summed E-state index contributed by atoms with van der Waals surface area (Å²) in [5, 5.41) is 0. The van der Waals surface area contributed by atoms with Crippen molar-refractivity contribution in [3.05, 3.63) is 29.3 Å². The zero-order chi connectivity index (χ0) is 26.0. The van der Waals surface area contributed by atoms with Gasteiger partial charge in [-0.3, -0.25) is 0 Å². The number of alkyl halides is 3. The minimum absolute atomic E-state index is 0.424. The van der Waals surface area contributed by atoms with Crippen LogP contribution in [0.5, 0.6) is 5.75 Å². The number of unbranched alkanes of at least 4 members (excludes halogenated alkanes) is 3. The van der Waals surface area contributed by atoms with Gasteiger partial charge in [0.2, 0.25) is 0 Å². The molecule has 1 saturated carbocycles. The average molecular weight is 533 g/mol. The average Bonchev–Trinajstić information content (AvgIpc) is 2.84. The minimum atomic E-state index is -4.42. The molecule has 0 aromatic heterocycles. The van der Waals surface area contributed by atoms with Crippen molar-refractivity contribution < 1.29 is 26.7 Å². The third kappa shape index (κ3) is 9.98. The lowest BCUT2D eigenvalue weighted by molar-refractivity contribution is -0.139. The summed E-state index contributed by atoms with van der Waals surface area (Å²) in [6.07, 6.45) is 10.6. The van der Waals surface area contributed by atoms with E-state index in [1.807, 2.05) is 0 Å². The van der Waals surface area contributed by atoms with Gasteiger partial charge in [0, 0.05) is 8.80 Å². The van der Waals surface area contributed by atoms with Crippen molar-refractivity contribution in [2.45, 2.75) is 121 Å². The highest BCUT2D eigenvalue weighted by Gasteiger charge is 2.31. The van der Waals surface area contributed by atoms with Crippen LogP contribution in [0.1, 0.15) is 96.0 Å². The van der Waals surface area contributed by atoms with Crippen molar-refractivity contribution in [1.29, 1.82) is 0 Å². The van der Waals surface area contributed by atoms with Crippen LogP contribution >= 0.6 is 0 Å². The van der Waals surface area contributed by atoms with Crippen molar-refractivity contribution in [3.63, 3.8) is 0 Å². The Labute approximate surface area is 216 Å². The Morgan fingerprint density at radius 2 is 1.50 bits per heavy atom. The van der Waals surface area contributed by atoms with Crippen LogP contribution in [-0.2, 0) is 6.42 Å². The zero-order valence-corrected chi connectivity index (χ0v) is 23.1. The molecule has 1 aliphatic heterocycles. The van der Waals surface area contributed by atoms with Gasteiger partial charge in [-0.05, 0) is 61.1 Å². The molecule has 0 radical (unpaired) electrons. The lowest BCUT2D eigenvalue weighted by Crippen LogP contribution is -2.28. The molecule has 0 spiro atoms. The van der Waals surface area contributed by atoms with Crippen LogP contribution in [0.15, 0.2) is 12.1 Å². The number of ether oxygens (including phenoxy) is 1. The number of benzene rings is 1. The Kier molecular flexibility index (Phi) is 12.0. The monoisotopic (exact) mass is 532 g/mol. The topological polar surface area (TPSA) is 9.23 Å². The second-order valence-electron chi connectivity index (χ2n) is 11.4. The number of hydrogen-bond donors (Lipinski definition) is 0. The molecule has 206 valence electrons. The van der Waals surface area contributed by atoms with E-state index in [-0.39, 0.29) is 0 Å². The normalized spacial score (nSPS) is 25.2. The Morgan fingerprint density at radius 3 is 2.11 bits per heavy atom. The first kappa shape index (κ1) is 29.4. The van der Waals surface area contributed by atoms with Crippen molar-refractivity contribution in [3.8, 4) is 5.75 Å². The number of aryl methyl sites for hydroxylation is 1. The van der Waals surface area contributed by atoms with Gasteiger partial charge in [-0.2, -0.15) is 13.2 Å². The van der Waals surface area contributed by atoms with E-state index in [9.17, 15) is 22.0 Å². The summed E-state index contributed by atoms with van der Waals surface area (Å²) in [6.45, 7) is 1.50. The molecule has 2 aliphatic rings. The van der Waals surface area contributed by atoms with E-state index in [2.05, 4.69) is 6.92 Å². The molecule has 2 fully saturated rings. The third-order valence-corrected chi connectivity index (χ3v) is 12.2. The summed E-state index contributed by atoms with van der Waals surface area (Å²) >= 11 is 0. The smallest absolute Gasteiger partial charge is 0.392 e. The minimum Gasteiger partial charge on any atom is -0.487 e. The molecule has 1 nitrogen and oxygen atoms in total. The van der Waals surface area contributed by atoms with E-state index in [1.54, 1.807) is 18.1 Å². The van der Waals surface area contributed by atoms with Crippen LogP contribution in [0.25, 0.3) is 0 Å². The maximum atomic E-state index is 14.2. The van der Waals surface area contributed by atoms with Crippen LogP contribution in [0.2, 0.25) is 18.1 Å². The van der Waals surface area contributed by atoms with Crippen molar-refractivity contribution in [2.75, 3.05) is 6.61 Å². The molecule has 0 atom stereocenters. The lowest BCUT2D eigenvalue weighted by atomic mass is 9.73. The highest BCUT2D eigenvalue weighted by atomic mass is 28.3. The van der Waals surface area contributed by atoms with Crippen molar-refractivity contribution in [2.24, 2.45) is 17.8 Å². The Balaban J connectivity index is 1.30. The molecule has 1 aromatic carbocycles. The molecule has 0 amide bonds. The summed E-state index contributed by atoms with van der Waals surface area (Å²) < 4.78 is 69.7. The molecular formula is C29H45F5OSi. The summed E-state index contributed by atoms with van der Waals surface area (Å²) in [5.41, 5.74) is 0.533. The Morgan fingerprint density at radius 1 is 0.861 bits per heavy atom. The van der Waals surface area contributed by atoms with E-state index >= 15 is 0 Å². The molecule has 3 rings (SSSR count). The molecule has 1 aliphatic carbocycles. The lowest BCUT2D eigenvalue weighted by Gasteiger charge is -2.37. The van der Waals surface area contributed by atoms with Gasteiger partial charge in [-0.25, -0.2) is 8.78 Å². The highest BCUT2D eigenvalue weighted by molar-refractivity contribution is 6.58. The molecular weight excluding hydrogens is 487 g/mol. The predicted octanol–water partition coefficient (Wildman–Crippen LogP) is 9.64. The second-order valence-corrected chi connectivity index (χ2v) is 14.9. The summed E-state index contributed by atoms with van der Waals surface area (Å²) in [5.74, 6) is 0.123. The van der Waals surface area contributed by atoms with Gasteiger partial charge in [0.1, 0.15) is 0 Å². The largest absolute Gasteiger partial charge is 0.487 e. The molecule has 36 heavy (non-hydrogen) atoms. The molecule has 0 unspecified atom stereocenters. The third-order valence-electron chi connectivity index (χ3n) is 8.68. The molecule has 1 aromatic rings. The number of rotatable bonds is 13. The maximum Gasteiger partial charge on any atom is 0.392 e. The molecule has 1 saturated heterocycles. The van der Waals surface area contributed by atoms with Gasteiger partial charge in [-0.15, -0.1) is 0 Å². The molecule has 0 N–H and O–H groups in total. The summed E-state index contributed by atoms with van der Waals surface area (Å²) in [7, 11) is -0.424. The van der Waals surface area contributed by atoms with Gasteiger partial charge in [0.25, 0.3) is 0 Å². The van der Waals surface area contributed by atoms with Crippen molar-refractivity contribution in [1.82, 2.24) is 0 Å². The van der Waals surface area contributed by atoms with Crippen LogP contribution in [0.4, 0.5) is 22.0 Å². The van der Waals surface area contributed by atoms with Gasteiger partial charge < -0.3 is 4.74 Å². The first-order valence-corrected chi connectivity index (χ1v) is 16.9. The van der Waals surface area contributed by atoms with E-state index < -0.39 is 45.4 Å². The summed E-state index contributed by atoms with van der Waals surface area (Å²) in [6, 6.07) is 7.12. The fourth-order valence-electron chi connectivity index (χ4n) is 6.51. The SMILES string of the molecule is CCCCC[SiH]1CCC([C@H]2CC[C@H](CCCCc3cc(F)c(OCCC(F)(F)F)c(F)c3)CC2)CC1.